The second-order valence-corrected chi connectivity index (χ2v) is 6.60. The number of aliphatic hydroxyl groups excluding tert-OH is 1. The van der Waals surface area contributed by atoms with E-state index in [2.05, 4.69) is 21.2 Å². The Morgan fingerprint density at radius 1 is 1.45 bits per heavy atom. The number of amides is 1. The van der Waals surface area contributed by atoms with Crippen molar-refractivity contribution in [3.63, 3.8) is 0 Å². The largest absolute Gasteiger partial charge is 0.491 e. The lowest BCUT2D eigenvalue weighted by Gasteiger charge is -2.14. The summed E-state index contributed by atoms with van der Waals surface area (Å²) < 4.78 is 6.42. The van der Waals surface area contributed by atoms with E-state index in [0.717, 1.165) is 17.3 Å². The molecule has 1 aliphatic rings. The molecule has 2 N–H and O–H groups in total. The minimum Gasteiger partial charge on any atom is -0.491 e. The summed E-state index contributed by atoms with van der Waals surface area (Å²) in [5.74, 6) is 0.530. The highest BCUT2D eigenvalue weighted by molar-refractivity contribution is 9.10. The third-order valence-electron chi connectivity index (χ3n) is 3.42. The molecule has 1 saturated carbocycles. The van der Waals surface area contributed by atoms with Crippen LogP contribution < -0.4 is 10.1 Å². The molecule has 110 valence electrons. The van der Waals surface area contributed by atoms with Gasteiger partial charge in [0.25, 0.3) is 5.91 Å². The van der Waals surface area contributed by atoms with Gasteiger partial charge in [0.15, 0.2) is 0 Å². The van der Waals surface area contributed by atoms with Crippen LogP contribution in [0.3, 0.4) is 0 Å². The Balaban J connectivity index is 2.03. The average molecular weight is 342 g/mol. The summed E-state index contributed by atoms with van der Waals surface area (Å²) in [5.41, 5.74) is 0.475. The highest BCUT2D eigenvalue weighted by Crippen LogP contribution is 2.44. The number of carbonyl (C=O) groups excluding carboxylic acids is 1. The van der Waals surface area contributed by atoms with Gasteiger partial charge in [0.2, 0.25) is 0 Å². The van der Waals surface area contributed by atoms with Gasteiger partial charge >= 0.3 is 0 Å². The summed E-state index contributed by atoms with van der Waals surface area (Å²) in [4.78, 5) is 12.2. The van der Waals surface area contributed by atoms with Gasteiger partial charge in [-0.2, -0.15) is 0 Å². The molecule has 0 heterocycles. The lowest BCUT2D eigenvalue weighted by Crippen LogP contribution is -2.31. The van der Waals surface area contributed by atoms with Crippen LogP contribution in [0.5, 0.6) is 5.75 Å². The molecule has 1 aromatic carbocycles. The maximum absolute atomic E-state index is 12.2. The molecular weight excluding hydrogens is 322 g/mol. The molecule has 1 fully saturated rings. The summed E-state index contributed by atoms with van der Waals surface area (Å²) in [7, 11) is 0. The second-order valence-electron chi connectivity index (χ2n) is 5.68. The van der Waals surface area contributed by atoms with Crippen molar-refractivity contribution < 1.29 is 14.6 Å². The highest BCUT2D eigenvalue weighted by atomic mass is 79.9. The van der Waals surface area contributed by atoms with Gasteiger partial charge in [0.1, 0.15) is 5.75 Å². The third kappa shape index (κ3) is 3.96. The summed E-state index contributed by atoms with van der Waals surface area (Å²) in [5, 5.41) is 12.1. The predicted octanol–water partition coefficient (Wildman–Crippen LogP) is 2.74. The van der Waals surface area contributed by atoms with Crippen molar-refractivity contribution in [2.75, 3.05) is 13.2 Å². The number of rotatable bonds is 6. The molecule has 5 heteroatoms. The lowest BCUT2D eigenvalue weighted by atomic mass is 10.1. The third-order valence-corrected chi connectivity index (χ3v) is 3.88. The maximum Gasteiger partial charge on any atom is 0.251 e. The van der Waals surface area contributed by atoms with Crippen LogP contribution in [0.4, 0.5) is 0 Å². The normalized spacial score (nSPS) is 16.1. The van der Waals surface area contributed by atoms with E-state index < -0.39 is 0 Å². The maximum atomic E-state index is 12.2. The standard InChI is InChI=1S/C15H20BrNO3/c1-10(2)20-13-6-11(5-12(16)7-13)14(19)17-8-15(9-18)3-4-15/h5-7,10,18H,3-4,8-9H2,1-2H3,(H,17,19). The van der Waals surface area contributed by atoms with Crippen molar-refractivity contribution in [2.45, 2.75) is 32.8 Å². The molecule has 2 rings (SSSR count). The number of hydrogen-bond donors (Lipinski definition) is 2. The average Bonchev–Trinajstić information content (AvgIpc) is 3.15. The predicted molar refractivity (Wildman–Crippen MR) is 81.0 cm³/mol. The molecule has 0 spiro atoms. The van der Waals surface area contributed by atoms with E-state index in [1.165, 1.54) is 0 Å². The first-order valence-corrected chi connectivity index (χ1v) is 7.60. The minimum atomic E-state index is -0.139. The van der Waals surface area contributed by atoms with E-state index in [1.807, 2.05) is 19.9 Å². The fraction of sp³-hybridized carbons (Fsp3) is 0.533. The molecule has 0 aromatic heterocycles. The summed E-state index contributed by atoms with van der Waals surface area (Å²) in [6, 6.07) is 5.34. The first-order chi connectivity index (χ1) is 9.44. The Hall–Kier alpha value is -1.07. The van der Waals surface area contributed by atoms with Crippen LogP contribution in [-0.4, -0.2) is 30.3 Å². The van der Waals surface area contributed by atoms with Crippen LogP contribution in [0.2, 0.25) is 0 Å². The van der Waals surface area contributed by atoms with Crippen LogP contribution in [-0.2, 0) is 0 Å². The zero-order chi connectivity index (χ0) is 14.8. The quantitative estimate of drug-likeness (QED) is 0.836. The fourth-order valence-electron chi connectivity index (χ4n) is 1.97. The topological polar surface area (TPSA) is 58.6 Å². The molecule has 20 heavy (non-hydrogen) atoms. The van der Waals surface area contributed by atoms with Crippen molar-refractivity contribution in [2.24, 2.45) is 5.41 Å². The molecule has 1 amide bonds. The van der Waals surface area contributed by atoms with E-state index in [9.17, 15) is 9.90 Å². The van der Waals surface area contributed by atoms with Crippen molar-refractivity contribution in [1.82, 2.24) is 5.32 Å². The molecule has 0 unspecified atom stereocenters. The van der Waals surface area contributed by atoms with E-state index in [0.29, 0.717) is 17.9 Å². The molecule has 0 aliphatic heterocycles. The monoisotopic (exact) mass is 341 g/mol. The van der Waals surface area contributed by atoms with E-state index >= 15 is 0 Å². The Kier molecular flexibility index (Phi) is 4.70. The molecule has 0 radical (unpaired) electrons. The van der Waals surface area contributed by atoms with Gasteiger partial charge < -0.3 is 15.2 Å². The van der Waals surface area contributed by atoms with Gasteiger partial charge in [-0.05, 0) is 44.9 Å². The Morgan fingerprint density at radius 3 is 2.70 bits per heavy atom. The van der Waals surface area contributed by atoms with Crippen LogP contribution in [0.1, 0.15) is 37.0 Å². The molecule has 1 aromatic rings. The van der Waals surface area contributed by atoms with Gasteiger partial charge in [-0.25, -0.2) is 0 Å². The Bertz CT molecular complexity index is 498. The number of nitrogens with one attached hydrogen (secondary N) is 1. The van der Waals surface area contributed by atoms with Crippen LogP contribution in [0, 0.1) is 5.41 Å². The van der Waals surface area contributed by atoms with Gasteiger partial charge in [-0.1, -0.05) is 15.9 Å². The van der Waals surface area contributed by atoms with Gasteiger partial charge in [-0.3, -0.25) is 4.79 Å². The molecule has 0 atom stereocenters. The first kappa shape index (κ1) is 15.3. The van der Waals surface area contributed by atoms with E-state index in [-0.39, 0.29) is 24.0 Å². The van der Waals surface area contributed by atoms with Crippen LogP contribution in [0.25, 0.3) is 0 Å². The van der Waals surface area contributed by atoms with Crippen LogP contribution in [0.15, 0.2) is 22.7 Å². The first-order valence-electron chi connectivity index (χ1n) is 6.80. The minimum absolute atomic E-state index is 0.0596. The number of ether oxygens (including phenoxy) is 1. The molecule has 0 bridgehead atoms. The second kappa shape index (κ2) is 6.14. The SMILES string of the molecule is CC(C)Oc1cc(Br)cc(C(=O)NCC2(CO)CC2)c1. The van der Waals surface area contributed by atoms with Gasteiger partial charge in [-0.15, -0.1) is 0 Å². The van der Waals surface area contributed by atoms with E-state index in [4.69, 9.17) is 4.74 Å². The van der Waals surface area contributed by atoms with Gasteiger partial charge in [0.05, 0.1) is 12.7 Å². The van der Waals surface area contributed by atoms with Crippen molar-refractivity contribution in [3.8, 4) is 5.75 Å². The van der Waals surface area contributed by atoms with Gasteiger partial charge in [0, 0.05) is 22.0 Å². The zero-order valence-electron chi connectivity index (χ0n) is 11.8. The van der Waals surface area contributed by atoms with Crippen molar-refractivity contribution in [3.05, 3.63) is 28.2 Å². The smallest absolute Gasteiger partial charge is 0.251 e. The fourth-order valence-corrected chi connectivity index (χ4v) is 2.44. The molecule has 1 aliphatic carbocycles. The molecule has 4 nitrogen and oxygen atoms in total. The number of benzene rings is 1. The van der Waals surface area contributed by atoms with Crippen molar-refractivity contribution in [1.29, 1.82) is 0 Å². The van der Waals surface area contributed by atoms with Crippen molar-refractivity contribution >= 4 is 21.8 Å². The Labute approximate surface area is 127 Å². The zero-order valence-corrected chi connectivity index (χ0v) is 13.4. The Morgan fingerprint density at radius 2 is 2.15 bits per heavy atom. The number of hydrogen-bond acceptors (Lipinski definition) is 3. The number of aliphatic hydroxyl groups is 1. The van der Waals surface area contributed by atoms with Crippen LogP contribution >= 0.6 is 15.9 Å². The summed E-state index contributed by atoms with van der Waals surface area (Å²) in [6.07, 6.45) is 2.01. The number of halogens is 1. The highest BCUT2D eigenvalue weighted by Gasteiger charge is 2.42. The lowest BCUT2D eigenvalue weighted by molar-refractivity contribution is 0.0934. The molecule has 0 saturated heterocycles. The van der Waals surface area contributed by atoms with E-state index in [1.54, 1.807) is 12.1 Å². The number of carbonyl (C=O) groups is 1. The summed E-state index contributed by atoms with van der Waals surface area (Å²) >= 11 is 3.39. The molecular formula is C15H20BrNO3. The summed E-state index contributed by atoms with van der Waals surface area (Å²) in [6.45, 7) is 4.54.